The van der Waals surface area contributed by atoms with Crippen molar-refractivity contribution >= 4 is 56.8 Å². The van der Waals surface area contributed by atoms with Crippen LogP contribution in [0.4, 0.5) is 5.69 Å². The second-order valence-corrected chi connectivity index (χ2v) is 6.83. The van der Waals surface area contributed by atoms with Gasteiger partial charge in [-0.05, 0) is 54.6 Å². The molecule has 0 spiro atoms. The van der Waals surface area contributed by atoms with E-state index in [1.54, 1.807) is 11.8 Å². The van der Waals surface area contributed by atoms with Crippen molar-refractivity contribution in [2.75, 3.05) is 11.1 Å². The third kappa shape index (κ3) is 3.05. The molecule has 1 heterocycles. The highest BCUT2D eigenvalue weighted by atomic mass is 127. The van der Waals surface area contributed by atoms with Gasteiger partial charge in [0.1, 0.15) is 0 Å². The minimum atomic E-state index is 0.0465. The average molecular weight is 367 g/mol. The van der Waals surface area contributed by atoms with Crippen molar-refractivity contribution in [3.8, 4) is 0 Å². The quantitative estimate of drug-likeness (QED) is 0.752. The topological polar surface area (TPSA) is 24.4 Å². The maximum atomic E-state index is 5.91. The van der Waals surface area contributed by atoms with Crippen LogP contribution < -0.4 is 5.32 Å². The summed E-state index contributed by atoms with van der Waals surface area (Å²) in [5.41, 5.74) is 1.11. The number of hydrogen-bond acceptors (Lipinski definition) is 3. The number of thioether (sulfide) groups is 1. The summed E-state index contributed by atoms with van der Waals surface area (Å²) in [6, 6.07) is 5.81. The molecule has 2 rings (SSSR count). The van der Waals surface area contributed by atoms with Crippen molar-refractivity contribution in [2.45, 2.75) is 19.4 Å². The molecule has 86 valence electrons. The second kappa shape index (κ2) is 4.74. The fourth-order valence-electron chi connectivity index (χ4n) is 1.35. The lowest BCUT2D eigenvalue weighted by Gasteiger charge is -2.09. The molecule has 1 N–H and O–H groups in total. The molecule has 2 nitrogen and oxygen atoms in total. The Hall–Kier alpha value is 0.0600. The molecule has 1 aromatic rings. The smallest absolute Gasteiger partial charge is 0.161 e. The van der Waals surface area contributed by atoms with E-state index in [-0.39, 0.29) is 5.54 Å². The molecule has 5 heteroatoms. The Labute approximate surface area is 118 Å². The van der Waals surface area contributed by atoms with E-state index in [1.165, 1.54) is 0 Å². The first-order chi connectivity index (χ1) is 7.46. The van der Waals surface area contributed by atoms with Crippen LogP contribution in [0.3, 0.4) is 0 Å². The third-order valence-corrected chi connectivity index (χ3v) is 4.58. The number of rotatable bonds is 1. The van der Waals surface area contributed by atoms with Crippen molar-refractivity contribution in [3.05, 3.63) is 26.8 Å². The Morgan fingerprint density at radius 3 is 2.81 bits per heavy atom. The summed E-state index contributed by atoms with van der Waals surface area (Å²) in [5, 5.41) is 5.09. The number of aliphatic imine (C=N–C) groups is 1. The molecular weight excluding hydrogens is 355 g/mol. The van der Waals surface area contributed by atoms with Crippen molar-refractivity contribution in [2.24, 2.45) is 4.99 Å². The summed E-state index contributed by atoms with van der Waals surface area (Å²) in [4.78, 5) is 4.61. The van der Waals surface area contributed by atoms with E-state index >= 15 is 0 Å². The number of nitrogens with one attached hydrogen (secondary N) is 1. The highest BCUT2D eigenvalue weighted by Crippen LogP contribution is 2.29. The molecule has 0 atom stereocenters. The monoisotopic (exact) mass is 366 g/mol. The fourth-order valence-corrected chi connectivity index (χ4v) is 3.41. The summed E-state index contributed by atoms with van der Waals surface area (Å²) in [7, 11) is 0. The Morgan fingerprint density at radius 2 is 2.25 bits per heavy atom. The van der Waals surface area contributed by atoms with Crippen molar-refractivity contribution in [1.29, 1.82) is 0 Å². The van der Waals surface area contributed by atoms with Gasteiger partial charge in [0.2, 0.25) is 0 Å². The maximum absolute atomic E-state index is 5.91. The highest BCUT2D eigenvalue weighted by Gasteiger charge is 2.25. The number of anilines is 1. The predicted molar refractivity (Wildman–Crippen MR) is 81.8 cm³/mol. The highest BCUT2D eigenvalue weighted by molar-refractivity contribution is 14.1. The maximum Gasteiger partial charge on any atom is 0.161 e. The van der Waals surface area contributed by atoms with Crippen LogP contribution in [0, 0.1) is 3.57 Å². The molecule has 1 aliphatic heterocycles. The molecule has 0 fully saturated rings. The minimum Gasteiger partial charge on any atom is -0.334 e. The molecule has 0 saturated heterocycles. The van der Waals surface area contributed by atoms with Crippen LogP contribution in [0.2, 0.25) is 5.02 Å². The zero-order valence-electron chi connectivity index (χ0n) is 9.05. The molecule has 0 aliphatic carbocycles. The van der Waals surface area contributed by atoms with Gasteiger partial charge in [-0.3, -0.25) is 4.99 Å². The molecule has 0 unspecified atom stereocenters. The van der Waals surface area contributed by atoms with E-state index in [9.17, 15) is 0 Å². The van der Waals surface area contributed by atoms with Crippen molar-refractivity contribution in [1.82, 2.24) is 0 Å². The van der Waals surface area contributed by atoms with E-state index in [0.717, 1.165) is 25.2 Å². The van der Waals surface area contributed by atoms with E-state index in [1.807, 2.05) is 18.2 Å². The first kappa shape index (κ1) is 12.5. The Bertz CT molecular complexity index is 446. The number of benzene rings is 1. The van der Waals surface area contributed by atoms with Gasteiger partial charge < -0.3 is 5.32 Å². The molecule has 16 heavy (non-hydrogen) atoms. The van der Waals surface area contributed by atoms with Gasteiger partial charge in [0.15, 0.2) is 5.17 Å². The van der Waals surface area contributed by atoms with Crippen LogP contribution in [-0.4, -0.2) is 16.5 Å². The van der Waals surface area contributed by atoms with Crippen molar-refractivity contribution in [3.63, 3.8) is 0 Å². The van der Waals surface area contributed by atoms with Gasteiger partial charge >= 0.3 is 0 Å². The van der Waals surface area contributed by atoms with Gasteiger partial charge in [0.25, 0.3) is 0 Å². The summed E-state index contributed by atoms with van der Waals surface area (Å²) < 4.78 is 1.11. The lowest BCUT2D eigenvalue weighted by Crippen LogP contribution is -2.15. The molecule has 0 aromatic heterocycles. The number of nitrogens with zero attached hydrogens (tertiary/aromatic N) is 1. The second-order valence-electron chi connectivity index (χ2n) is 4.27. The average Bonchev–Trinajstić information content (AvgIpc) is 2.51. The van der Waals surface area contributed by atoms with Gasteiger partial charge in [-0.15, -0.1) is 0 Å². The van der Waals surface area contributed by atoms with E-state index < -0.39 is 0 Å². The molecule has 1 aromatic carbocycles. The van der Waals surface area contributed by atoms with Crippen LogP contribution in [0.1, 0.15) is 13.8 Å². The van der Waals surface area contributed by atoms with Crippen LogP contribution in [0.15, 0.2) is 23.2 Å². The minimum absolute atomic E-state index is 0.0465. The molecule has 0 amide bonds. The van der Waals surface area contributed by atoms with Crippen LogP contribution >= 0.6 is 46.0 Å². The lowest BCUT2D eigenvalue weighted by atomic mass is 10.1. The van der Waals surface area contributed by atoms with E-state index in [0.29, 0.717) is 0 Å². The largest absolute Gasteiger partial charge is 0.334 e. The Kier molecular flexibility index (Phi) is 3.71. The number of hydrogen-bond donors (Lipinski definition) is 1. The summed E-state index contributed by atoms with van der Waals surface area (Å²) in [6.45, 7) is 4.28. The van der Waals surface area contributed by atoms with Gasteiger partial charge in [-0.25, -0.2) is 0 Å². The fraction of sp³-hybridized carbons (Fsp3) is 0.364. The normalized spacial score (nSPS) is 18.4. The molecule has 0 saturated carbocycles. The van der Waals surface area contributed by atoms with Crippen LogP contribution in [0.5, 0.6) is 0 Å². The third-order valence-electron chi connectivity index (χ3n) is 2.14. The number of amidine groups is 1. The summed E-state index contributed by atoms with van der Waals surface area (Å²) >= 11 is 9.94. The van der Waals surface area contributed by atoms with Gasteiger partial charge in [0, 0.05) is 14.3 Å². The van der Waals surface area contributed by atoms with Crippen LogP contribution in [0.25, 0.3) is 0 Å². The first-order valence-corrected chi connectivity index (χ1v) is 7.35. The number of halogens is 2. The van der Waals surface area contributed by atoms with Crippen molar-refractivity contribution < 1.29 is 0 Å². The Morgan fingerprint density at radius 1 is 1.50 bits per heavy atom. The van der Waals surface area contributed by atoms with Gasteiger partial charge in [-0.2, -0.15) is 0 Å². The summed E-state index contributed by atoms with van der Waals surface area (Å²) in [5.74, 6) is 1.03. The molecule has 1 aliphatic rings. The standard InChI is InChI=1S/C11H12ClIN2S/c1-11(2)6-16-10(15-11)14-9-4-3-7(12)5-8(9)13/h3-5H,6H2,1-2H3,(H,14,15). The van der Waals surface area contributed by atoms with Gasteiger partial charge in [0.05, 0.1) is 11.2 Å². The molecule has 0 bridgehead atoms. The van der Waals surface area contributed by atoms with Crippen LogP contribution in [-0.2, 0) is 0 Å². The lowest BCUT2D eigenvalue weighted by molar-refractivity contribution is 0.605. The molecular formula is C11H12ClIN2S. The zero-order valence-corrected chi connectivity index (χ0v) is 12.8. The van der Waals surface area contributed by atoms with E-state index in [4.69, 9.17) is 11.6 Å². The predicted octanol–water partition coefficient (Wildman–Crippen LogP) is 4.24. The molecule has 0 radical (unpaired) electrons. The summed E-state index contributed by atoms with van der Waals surface area (Å²) in [6.07, 6.45) is 0. The Balaban J connectivity index is 2.16. The van der Waals surface area contributed by atoms with E-state index in [2.05, 4.69) is 46.7 Å². The van der Waals surface area contributed by atoms with Gasteiger partial charge in [-0.1, -0.05) is 23.4 Å². The first-order valence-electron chi connectivity index (χ1n) is 4.91. The SMILES string of the molecule is CC1(C)CSC(Nc2ccc(Cl)cc2I)=N1. The zero-order chi connectivity index (χ0) is 11.8.